The molecule has 1 aliphatic carbocycles. The summed E-state index contributed by atoms with van der Waals surface area (Å²) in [5, 5.41) is 0. The molecule has 1 fully saturated rings. The summed E-state index contributed by atoms with van der Waals surface area (Å²) in [6.45, 7) is 2.11. The molecule has 1 unspecified atom stereocenters. The first-order valence-electron chi connectivity index (χ1n) is 6.43. The van der Waals surface area contributed by atoms with E-state index in [-0.39, 0.29) is 6.04 Å². The van der Waals surface area contributed by atoms with E-state index in [9.17, 15) is 0 Å². The molecule has 94 valence electrons. The summed E-state index contributed by atoms with van der Waals surface area (Å²) in [6.07, 6.45) is 6.67. The molecule has 1 aliphatic rings. The molecular weight excluding hydrogens is 276 g/mol. The minimum Gasteiger partial charge on any atom is -0.271 e. The Kier molecular flexibility index (Phi) is 4.60. The number of benzene rings is 1. The van der Waals surface area contributed by atoms with Crippen molar-refractivity contribution >= 4 is 15.9 Å². The number of nitrogens with one attached hydrogen (secondary N) is 1. The fourth-order valence-electron chi connectivity index (χ4n) is 2.71. The lowest BCUT2D eigenvalue weighted by Gasteiger charge is -2.20. The van der Waals surface area contributed by atoms with Crippen molar-refractivity contribution in [3.63, 3.8) is 0 Å². The quantitative estimate of drug-likeness (QED) is 0.654. The molecule has 0 amide bonds. The van der Waals surface area contributed by atoms with Crippen molar-refractivity contribution in [2.24, 2.45) is 11.8 Å². The Hall–Kier alpha value is -0.380. The van der Waals surface area contributed by atoms with E-state index in [1.54, 1.807) is 0 Å². The largest absolute Gasteiger partial charge is 0.271 e. The summed E-state index contributed by atoms with van der Waals surface area (Å²) in [5.41, 5.74) is 5.53. The van der Waals surface area contributed by atoms with Gasteiger partial charge in [0.15, 0.2) is 0 Å². The van der Waals surface area contributed by atoms with Crippen molar-refractivity contribution < 1.29 is 0 Å². The highest BCUT2D eigenvalue weighted by Crippen LogP contribution is 2.33. The standard InChI is InChI=1S/C14H21BrN2/c1-10-6-7-12(9-13(10)15)14(17-16)8-11-4-2-3-5-11/h6-7,9,11,14,17H,2-5,8,16H2,1H3. The highest BCUT2D eigenvalue weighted by atomic mass is 79.9. The maximum absolute atomic E-state index is 5.71. The van der Waals surface area contributed by atoms with Crippen LogP contribution in [0.3, 0.4) is 0 Å². The molecule has 17 heavy (non-hydrogen) atoms. The van der Waals surface area contributed by atoms with Gasteiger partial charge in [0.25, 0.3) is 0 Å². The van der Waals surface area contributed by atoms with Crippen molar-refractivity contribution in [2.45, 2.75) is 45.1 Å². The van der Waals surface area contributed by atoms with Crippen molar-refractivity contribution in [1.82, 2.24) is 5.43 Å². The van der Waals surface area contributed by atoms with E-state index in [0.29, 0.717) is 0 Å². The van der Waals surface area contributed by atoms with Crippen LogP contribution in [-0.4, -0.2) is 0 Å². The normalized spacial score (nSPS) is 18.5. The van der Waals surface area contributed by atoms with Gasteiger partial charge in [0, 0.05) is 10.5 Å². The maximum atomic E-state index is 5.71. The Morgan fingerprint density at radius 1 is 1.41 bits per heavy atom. The zero-order valence-electron chi connectivity index (χ0n) is 10.4. The average molecular weight is 297 g/mol. The number of hydrogen-bond acceptors (Lipinski definition) is 2. The maximum Gasteiger partial charge on any atom is 0.0463 e. The van der Waals surface area contributed by atoms with Crippen molar-refractivity contribution in [2.75, 3.05) is 0 Å². The molecule has 0 saturated heterocycles. The molecule has 0 aromatic heterocycles. The number of hydrogen-bond donors (Lipinski definition) is 2. The molecule has 3 N–H and O–H groups in total. The lowest BCUT2D eigenvalue weighted by atomic mass is 9.93. The van der Waals surface area contributed by atoms with Crippen LogP contribution in [0.1, 0.15) is 49.3 Å². The molecule has 0 heterocycles. The summed E-state index contributed by atoms with van der Waals surface area (Å²) in [4.78, 5) is 0. The molecule has 1 atom stereocenters. The van der Waals surface area contributed by atoms with Gasteiger partial charge in [-0.2, -0.15) is 0 Å². The van der Waals surface area contributed by atoms with Gasteiger partial charge < -0.3 is 0 Å². The molecule has 3 heteroatoms. The Labute approximate surface area is 112 Å². The van der Waals surface area contributed by atoms with Gasteiger partial charge in [-0.3, -0.25) is 11.3 Å². The second-order valence-corrected chi connectivity index (χ2v) is 5.97. The van der Waals surface area contributed by atoms with Gasteiger partial charge in [-0.25, -0.2) is 0 Å². The van der Waals surface area contributed by atoms with E-state index in [1.807, 2.05) is 0 Å². The molecule has 2 rings (SSSR count). The third-order valence-corrected chi connectivity index (χ3v) is 4.70. The van der Waals surface area contributed by atoms with E-state index < -0.39 is 0 Å². The Balaban J connectivity index is 2.08. The van der Waals surface area contributed by atoms with Crippen LogP contribution in [-0.2, 0) is 0 Å². The lowest BCUT2D eigenvalue weighted by Crippen LogP contribution is -2.29. The van der Waals surface area contributed by atoms with Gasteiger partial charge in [-0.05, 0) is 36.5 Å². The van der Waals surface area contributed by atoms with E-state index in [1.165, 1.54) is 41.3 Å². The SMILES string of the molecule is Cc1ccc(C(CC2CCCC2)NN)cc1Br. The molecule has 0 radical (unpaired) electrons. The molecule has 0 aliphatic heterocycles. The average Bonchev–Trinajstić information content (AvgIpc) is 2.82. The van der Waals surface area contributed by atoms with Crippen LogP contribution in [0.4, 0.5) is 0 Å². The summed E-state index contributed by atoms with van der Waals surface area (Å²) in [5.74, 6) is 6.55. The number of nitrogens with two attached hydrogens (primary N) is 1. The van der Waals surface area contributed by atoms with Crippen molar-refractivity contribution in [3.8, 4) is 0 Å². The summed E-state index contributed by atoms with van der Waals surface area (Å²) >= 11 is 3.59. The highest BCUT2D eigenvalue weighted by molar-refractivity contribution is 9.10. The third-order valence-electron chi connectivity index (χ3n) is 3.84. The second-order valence-electron chi connectivity index (χ2n) is 5.11. The zero-order valence-corrected chi connectivity index (χ0v) is 12.0. The molecular formula is C14H21BrN2. The molecule has 0 spiro atoms. The Morgan fingerprint density at radius 3 is 2.71 bits per heavy atom. The first kappa shape index (κ1) is 13.1. The first-order chi connectivity index (χ1) is 8.20. The number of hydrazine groups is 1. The molecule has 1 aromatic carbocycles. The van der Waals surface area contributed by atoms with Gasteiger partial charge in [0.05, 0.1) is 0 Å². The predicted octanol–water partition coefficient (Wildman–Crippen LogP) is 3.84. The minimum atomic E-state index is 0.287. The summed E-state index contributed by atoms with van der Waals surface area (Å²) in [7, 11) is 0. The van der Waals surface area contributed by atoms with Crippen LogP contribution in [0.2, 0.25) is 0 Å². The monoisotopic (exact) mass is 296 g/mol. The second kappa shape index (κ2) is 5.98. The van der Waals surface area contributed by atoms with Gasteiger partial charge in [0.1, 0.15) is 0 Å². The van der Waals surface area contributed by atoms with E-state index in [4.69, 9.17) is 5.84 Å². The number of aryl methyl sites for hydroxylation is 1. The van der Waals surface area contributed by atoms with E-state index >= 15 is 0 Å². The Bertz CT molecular complexity index is 372. The van der Waals surface area contributed by atoms with Crippen LogP contribution in [0, 0.1) is 12.8 Å². The van der Waals surface area contributed by atoms with Gasteiger partial charge >= 0.3 is 0 Å². The van der Waals surface area contributed by atoms with E-state index in [0.717, 1.165) is 12.3 Å². The highest BCUT2D eigenvalue weighted by Gasteiger charge is 2.20. The number of halogens is 1. The van der Waals surface area contributed by atoms with Crippen LogP contribution in [0.25, 0.3) is 0 Å². The molecule has 1 saturated carbocycles. The van der Waals surface area contributed by atoms with Gasteiger partial charge in [-0.1, -0.05) is 53.7 Å². The molecule has 2 nitrogen and oxygen atoms in total. The minimum absolute atomic E-state index is 0.287. The van der Waals surface area contributed by atoms with Crippen LogP contribution in [0.5, 0.6) is 0 Å². The lowest BCUT2D eigenvalue weighted by molar-refractivity contribution is 0.400. The van der Waals surface area contributed by atoms with Crippen molar-refractivity contribution in [1.29, 1.82) is 0 Å². The smallest absolute Gasteiger partial charge is 0.0463 e. The van der Waals surface area contributed by atoms with E-state index in [2.05, 4.69) is 46.5 Å². The molecule has 1 aromatic rings. The van der Waals surface area contributed by atoms with Crippen LogP contribution < -0.4 is 11.3 Å². The van der Waals surface area contributed by atoms with Crippen LogP contribution in [0.15, 0.2) is 22.7 Å². The zero-order chi connectivity index (χ0) is 12.3. The Morgan fingerprint density at radius 2 is 2.12 bits per heavy atom. The van der Waals surface area contributed by atoms with Gasteiger partial charge in [-0.15, -0.1) is 0 Å². The van der Waals surface area contributed by atoms with Crippen molar-refractivity contribution in [3.05, 3.63) is 33.8 Å². The molecule has 0 bridgehead atoms. The fraction of sp³-hybridized carbons (Fsp3) is 0.571. The third kappa shape index (κ3) is 3.30. The van der Waals surface area contributed by atoms with Gasteiger partial charge in [0.2, 0.25) is 0 Å². The fourth-order valence-corrected chi connectivity index (χ4v) is 3.10. The van der Waals surface area contributed by atoms with Crippen LogP contribution >= 0.6 is 15.9 Å². The predicted molar refractivity (Wildman–Crippen MR) is 75.5 cm³/mol. The summed E-state index contributed by atoms with van der Waals surface area (Å²) < 4.78 is 1.17. The number of rotatable bonds is 4. The first-order valence-corrected chi connectivity index (χ1v) is 7.22. The summed E-state index contributed by atoms with van der Waals surface area (Å²) in [6, 6.07) is 6.81. The topological polar surface area (TPSA) is 38.0 Å².